The Kier molecular flexibility index (Phi) is 4.49. The van der Waals surface area contributed by atoms with Gasteiger partial charge >= 0.3 is 6.18 Å². The molecule has 23 heavy (non-hydrogen) atoms. The topological polar surface area (TPSA) is 32.3 Å². The van der Waals surface area contributed by atoms with Crippen molar-refractivity contribution in [3.63, 3.8) is 0 Å². The zero-order chi connectivity index (χ0) is 16.6. The summed E-state index contributed by atoms with van der Waals surface area (Å²) >= 11 is 0. The highest BCUT2D eigenvalue weighted by atomic mass is 19.4. The van der Waals surface area contributed by atoms with Gasteiger partial charge in [-0.05, 0) is 25.3 Å². The van der Waals surface area contributed by atoms with Crippen LogP contribution in [0.3, 0.4) is 0 Å². The van der Waals surface area contributed by atoms with Crippen molar-refractivity contribution in [2.75, 3.05) is 31.1 Å². The predicted molar refractivity (Wildman–Crippen MR) is 82.2 cm³/mol. The zero-order valence-electron chi connectivity index (χ0n) is 13.6. The number of rotatable bonds is 4. The molecule has 0 radical (unpaired) electrons. The first-order valence-electron chi connectivity index (χ1n) is 8.23. The zero-order valence-corrected chi connectivity index (χ0v) is 13.6. The second-order valence-corrected chi connectivity index (χ2v) is 7.00. The number of halogens is 3. The van der Waals surface area contributed by atoms with Crippen LogP contribution in [-0.4, -0.2) is 47.1 Å². The molecule has 0 aromatic carbocycles. The number of nitrogens with zero attached hydrogens (tertiary/aromatic N) is 4. The van der Waals surface area contributed by atoms with E-state index < -0.39 is 11.9 Å². The number of piperidine rings is 1. The average molecular weight is 328 g/mol. The summed E-state index contributed by atoms with van der Waals surface area (Å²) in [6, 6.07) is 1.66. The van der Waals surface area contributed by atoms with Crippen molar-refractivity contribution in [1.82, 2.24) is 14.9 Å². The maximum absolute atomic E-state index is 12.8. The predicted octanol–water partition coefficient (Wildman–Crippen LogP) is 3.05. The van der Waals surface area contributed by atoms with Crippen molar-refractivity contribution in [3.8, 4) is 0 Å². The van der Waals surface area contributed by atoms with E-state index in [2.05, 4.69) is 28.7 Å². The SMILES string of the molecule is CC(C)CCN1C[C@H]2CN(c3cc(C(F)(F)F)ncn3)CC[C@H]21. The molecule has 0 bridgehead atoms. The first-order chi connectivity index (χ1) is 10.8. The van der Waals surface area contributed by atoms with Crippen LogP contribution in [0.5, 0.6) is 0 Å². The Morgan fingerprint density at radius 2 is 2.04 bits per heavy atom. The van der Waals surface area contributed by atoms with Gasteiger partial charge in [0.15, 0.2) is 0 Å². The molecule has 0 unspecified atom stereocenters. The summed E-state index contributed by atoms with van der Waals surface area (Å²) in [6.07, 6.45) is -1.21. The summed E-state index contributed by atoms with van der Waals surface area (Å²) in [6.45, 7) is 8.18. The van der Waals surface area contributed by atoms with Crippen molar-refractivity contribution >= 4 is 5.82 Å². The molecule has 2 aliphatic heterocycles. The maximum atomic E-state index is 12.8. The highest BCUT2D eigenvalue weighted by molar-refractivity contribution is 5.40. The fraction of sp³-hybridized carbons (Fsp3) is 0.750. The third-order valence-electron chi connectivity index (χ3n) is 4.89. The van der Waals surface area contributed by atoms with Gasteiger partial charge < -0.3 is 4.90 Å². The van der Waals surface area contributed by atoms with Gasteiger partial charge in [-0.1, -0.05) is 13.8 Å². The summed E-state index contributed by atoms with van der Waals surface area (Å²) in [5.74, 6) is 1.64. The van der Waals surface area contributed by atoms with Crippen LogP contribution in [0.4, 0.5) is 19.0 Å². The molecule has 2 saturated heterocycles. The Labute approximate surface area is 134 Å². The third-order valence-corrected chi connectivity index (χ3v) is 4.89. The fourth-order valence-corrected chi connectivity index (χ4v) is 3.54. The van der Waals surface area contributed by atoms with E-state index in [-0.39, 0.29) is 0 Å². The third kappa shape index (κ3) is 3.59. The number of fused-ring (bicyclic) bond motifs is 1. The molecular formula is C16H23F3N4. The molecule has 1 aromatic heterocycles. The quantitative estimate of drug-likeness (QED) is 0.850. The molecule has 0 aliphatic carbocycles. The second kappa shape index (κ2) is 6.26. The molecule has 1 aromatic rings. The Balaban J connectivity index is 1.60. The lowest BCUT2D eigenvalue weighted by Crippen LogP contribution is -2.63. The van der Waals surface area contributed by atoms with E-state index in [4.69, 9.17) is 0 Å². The smallest absolute Gasteiger partial charge is 0.356 e. The van der Waals surface area contributed by atoms with Gasteiger partial charge in [-0.2, -0.15) is 13.2 Å². The number of alkyl halides is 3. The number of anilines is 1. The van der Waals surface area contributed by atoms with Gasteiger partial charge in [0.1, 0.15) is 17.8 Å². The van der Waals surface area contributed by atoms with E-state index in [0.29, 0.717) is 23.7 Å². The first-order valence-corrected chi connectivity index (χ1v) is 8.23. The van der Waals surface area contributed by atoms with Crippen LogP contribution in [-0.2, 0) is 6.18 Å². The van der Waals surface area contributed by atoms with Crippen LogP contribution in [0.25, 0.3) is 0 Å². The Bertz CT molecular complexity index is 546. The lowest BCUT2D eigenvalue weighted by Gasteiger charge is -2.54. The van der Waals surface area contributed by atoms with Gasteiger partial charge in [-0.15, -0.1) is 0 Å². The first kappa shape index (κ1) is 16.5. The molecule has 128 valence electrons. The minimum absolute atomic E-state index is 0.395. The van der Waals surface area contributed by atoms with E-state index in [1.54, 1.807) is 0 Å². The van der Waals surface area contributed by atoms with Crippen LogP contribution >= 0.6 is 0 Å². The van der Waals surface area contributed by atoms with Crippen molar-refractivity contribution in [1.29, 1.82) is 0 Å². The van der Waals surface area contributed by atoms with Crippen LogP contribution in [0.1, 0.15) is 32.4 Å². The van der Waals surface area contributed by atoms with Crippen molar-refractivity contribution in [3.05, 3.63) is 18.1 Å². The number of hydrogen-bond donors (Lipinski definition) is 0. The molecule has 2 aliphatic rings. The molecule has 2 fully saturated rings. The fourth-order valence-electron chi connectivity index (χ4n) is 3.54. The second-order valence-electron chi connectivity index (χ2n) is 7.00. The molecule has 3 heterocycles. The molecule has 4 nitrogen and oxygen atoms in total. The normalized spacial score (nSPS) is 25.4. The molecule has 3 rings (SSSR count). The molecule has 0 spiro atoms. The average Bonchev–Trinajstić information content (AvgIpc) is 2.47. The van der Waals surface area contributed by atoms with E-state index >= 15 is 0 Å². The van der Waals surface area contributed by atoms with E-state index in [0.717, 1.165) is 45.0 Å². The van der Waals surface area contributed by atoms with Crippen LogP contribution < -0.4 is 4.90 Å². The molecule has 7 heteroatoms. The van der Waals surface area contributed by atoms with Crippen molar-refractivity contribution in [2.45, 2.75) is 38.9 Å². The van der Waals surface area contributed by atoms with Crippen LogP contribution in [0, 0.1) is 11.8 Å². The Hall–Kier alpha value is -1.37. The standard InChI is InChI=1S/C16H23F3N4/c1-11(2)3-5-22-8-12-9-23(6-4-13(12)22)15-7-14(16(17,18)19)20-10-21-15/h7,10-13H,3-6,8-9H2,1-2H3/t12-,13+/m0/s1. The minimum Gasteiger partial charge on any atom is -0.356 e. The van der Waals surface area contributed by atoms with Crippen molar-refractivity contribution < 1.29 is 13.2 Å². The summed E-state index contributed by atoms with van der Waals surface area (Å²) in [7, 11) is 0. The summed E-state index contributed by atoms with van der Waals surface area (Å²) in [4.78, 5) is 11.9. The molecule has 2 atom stereocenters. The monoisotopic (exact) mass is 328 g/mol. The molecular weight excluding hydrogens is 305 g/mol. The summed E-state index contributed by atoms with van der Waals surface area (Å²) in [5, 5.41) is 0. The largest absolute Gasteiger partial charge is 0.433 e. The highest BCUT2D eigenvalue weighted by Crippen LogP contribution is 2.35. The Morgan fingerprint density at radius 3 is 2.70 bits per heavy atom. The highest BCUT2D eigenvalue weighted by Gasteiger charge is 2.42. The van der Waals surface area contributed by atoms with Gasteiger partial charge in [0.25, 0.3) is 0 Å². The summed E-state index contributed by atoms with van der Waals surface area (Å²) in [5.41, 5.74) is -0.864. The maximum Gasteiger partial charge on any atom is 0.433 e. The Morgan fingerprint density at radius 1 is 1.26 bits per heavy atom. The lowest BCUT2D eigenvalue weighted by atomic mass is 9.82. The molecule has 0 amide bonds. The van der Waals surface area contributed by atoms with E-state index in [1.807, 2.05) is 4.90 Å². The molecule has 0 saturated carbocycles. The summed E-state index contributed by atoms with van der Waals surface area (Å²) < 4.78 is 38.3. The number of likely N-dealkylation sites (tertiary alicyclic amines) is 1. The lowest BCUT2D eigenvalue weighted by molar-refractivity contribution is -0.141. The van der Waals surface area contributed by atoms with Gasteiger partial charge in [-0.3, -0.25) is 4.90 Å². The van der Waals surface area contributed by atoms with Crippen LogP contribution in [0.15, 0.2) is 12.4 Å². The minimum atomic E-state index is -4.42. The van der Waals surface area contributed by atoms with Crippen molar-refractivity contribution in [2.24, 2.45) is 11.8 Å². The van der Waals surface area contributed by atoms with Gasteiger partial charge in [-0.25, -0.2) is 9.97 Å². The van der Waals surface area contributed by atoms with E-state index in [9.17, 15) is 13.2 Å². The number of hydrogen-bond acceptors (Lipinski definition) is 4. The van der Waals surface area contributed by atoms with Gasteiger partial charge in [0.2, 0.25) is 0 Å². The number of aromatic nitrogens is 2. The van der Waals surface area contributed by atoms with Gasteiger partial charge in [0.05, 0.1) is 0 Å². The van der Waals surface area contributed by atoms with Gasteiger partial charge in [0, 0.05) is 37.7 Å². The van der Waals surface area contributed by atoms with E-state index in [1.165, 1.54) is 6.42 Å². The van der Waals surface area contributed by atoms with Crippen LogP contribution in [0.2, 0.25) is 0 Å². The molecule has 0 N–H and O–H groups in total.